The molecular formula is C26H29N3O. The molecule has 0 aromatic heterocycles. The first-order valence-electron chi connectivity index (χ1n) is 10.7. The third-order valence-corrected chi connectivity index (χ3v) is 5.74. The number of anilines is 2. The second-order valence-electron chi connectivity index (χ2n) is 7.68. The Labute approximate surface area is 179 Å². The van der Waals surface area contributed by atoms with Gasteiger partial charge in [-0.05, 0) is 47.9 Å². The number of hydrogen-bond donors (Lipinski definition) is 1. The molecule has 0 radical (unpaired) electrons. The number of carbonyl (C=O) groups is 1. The van der Waals surface area contributed by atoms with E-state index in [2.05, 4.69) is 71.7 Å². The van der Waals surface area contributed by atoms with Crippen LogP contribution in [0.15, 0.2) is 78.9 Å². The van der Waals surface area contributed by atoms with Gasteiger partial charge in [0.25, 0.3) is 5.91 Å². The third kappa shape index (κ3) is 4.65. The predicted molar refractivity (Wildman–Crippen MR) is 124 cm³/mol. The molecule has 154 valence electrons. The Kier molecular flexibility index (Phi) is 6.33. The molecule has 0 unspecified atom stereocenters. The summed E-state index contributed by atoms with van der Waals surface area (Å²) in [6.45, 7) is 6.10. The molecule has 0 atom stereocenters. The molecule has 0 spiro atoms. The van der Waals surface area contributed by atoms with Crippen LogP contribution in [0.25, 0.3) is 0 Å². The molecule has 0 saturated carbocycles. The van der Waals surface area contributed by atoms with Gasteiger partial charge in [-0.1, -0.05) is 55.5 Å². The molecule has 1 amide bonds. The van der Waals surface area contributed by atoms with E-state index in [4.69, 9.17) is 0 Å². The van der Waals surface area contributed by atoms with Crippen molar-refractivity contribution in [3.05, 3.63) is 95.6 Å². The van der Waals surface area contributed by atoms with Crippen molar-refractivity contribution < 1.29 is 4.79 Å². The fourth-order valence-electron chi connectivity index (χ4n) is 4.00. The number of amides is 1. The lowest BCUT2D eigenvalue weighted by atomic mass is 10.1. The van der Waals surface area contributed by atoms with Crippen molar-refractivity contribution in [3.63, 3.8) is 0 Å². The largest absolute Gasteiger partial charge is 0.381 e. The van der Waals surface area contributed by atoms with Gasteiger partial charge >= 0.3 is 0 Å². The number of rotatable bonds is 6. The van der Waals surface area contributed by atoms with Crippen molar-refractivity contribution >= 4 is 17.3 Å². The zero-order valence-corrected chi connectivity index (χ0v) is 17.6. The minimum atomic E-state index is 0.124. The van der Waals surface area contributed by atoms with E-state index in [1.165, 1.54) is 11.3 Å². The number of nitrogens with zero attached hydrogens (tertiary/aromatic N) is 2. The Morgan fingerprint density at radius 3 is 2.37 bits per heavy atom. The van der Waals surface area contributed by atoms with Crippen LogP contribution in [-0.2, 0) is 13.0 Å². The van der Waals surface area contributed by atoms with Gasteiger partial charge in [0.1, 0.15) is 0 Å². The lowest BCUT2D eigenvalue weighted by Gasteiger charge is -2.36. The molecule has 1 N–H and O–H groups in total. The van der Waals surface area contributed by atoms with Gasteiger partial charge in [0.2, 0.25) is 0 Å². The molecule has 30 heavy (non-hydrogen) atoms. The summed E-state index contributed by atoms with van der Waals surface area (Å²) in [7, 11) is 0. The molecule has 4 heteroatoms. The lowest BCUT2D eigenvalue weighted by molar-refractivity contribution is 0.0746. The molecule has 3 aromatic rings. The van der Waals surface area contributed by atoms with Gasteiger partial charge in [-0.25, -0.2) is 0 Å². The Morgan fingerprint density at radius 2 is 1.60 bits per heavy atom. The summed E-state index contributed by atoms with van der Waals surface area (Å²) in [5.41, 5.74) is 5.58. The molecule has 4 rings (SSSR count). The van der Waals surface area contributed by atoms with Crippen LogP contribution in [-0.4, -0.2) is 37.0 Å². The topological polar surface area (TPSA) is 35.6 Å². The van der Waals surface area contributed by atoms with Crippen LogP contribution in [0.3, 0.4) is 0 Å². The zero-order chi connectivity index (χ0) is 20.8. The van der Waals surface area contributed by atoms with E-state index in [1.807, 2.05) is 29.2 Å². The summed E-state index contributed by atoms with van der Waals surface area (Å²) < 4.78 is 0. The van der Waals surface area contributed by atoms with Gasteiger partial charge in [0.05, 0.1) is 0 Å². The maximum Gasteiger partial charge on any atom is 0.253 e. The first-order valence-corrected chi connectivity index (χ1v) is 10.7. The summed E-state index contributed by atoms with van der Waals surface area (Å²) in [6.07, 6.45) is 0.997. The maximum atomic E-state index is 13.1. The first-order chi connectivity index (χ1) is 14.7. The summed E-state index contributed by atoms with van der Waals surface area (Å²) in [6, 6.07) is 26.8. The summed E-state index contributed by atoms with van der Waals surface area (Å²) >= 11 is 0. The SMILES string of the molecule is CCc1ccccc1NCc1cccc(C(=O)N2CCN(c3ccccc3)CC2)c1. The van der Waals surface area contributed by atoms with Gasteiger partial charge in [-0.15, -0.1) is 0 Å². The average Bonchev–Trinajstić information content (AvgIpc) is 2.83. The third-order valence-electron chi connectivity index (χ3n) is 5.74. The molecule has 1 aliphatic heterocycles. The minimum absolute atomic E-state index is 0.124. The predicted octanol–water partition coefficient (Wildman–Crippen LogP) is 4.82. The summed E-state index contributed by atoms with van der Waals surface area (Å²) in [5, 5.41) is 3.52. The number of benzene rings is 3. The van der Waals surface area contributed by atoms with E-state index in [0.717, 1.165) is 49.4 Å². The average molecular weight is 400 g/mol. The highest BCUT2D eigenvalue weighted by molar-refractivity contribution is 5.94. The van der Waals surface area contributed by atoms with Crippen molar-refractivity contribution in [2.45, 2.75) is 19.9 Å². The van der Waals surface area contributed by atoms with Crippen molar-refractivity contribution in [2.75, 3.05) is 36.4 Å². The number of piperazine rings is 1. The van der Waals surface area contributed by atoms with E-state index in [1.54, 1.807) is 0 Å². The van der Waals surface area contributed by atoms with E-state index in [0.29, 0.717) is 6.54 Å². The van der Waals surface area contributed by atoms with E-state index < -0.39 is 0 Å². The van der Waals surface area contributed by atoms with Gasteiger partial charge in [-0.2, -0.15) is 0 Å². The van der Waals surface area contributed by atoms with Crippen molar-refractivity contribution in [1.82, 2.24) is 4.90 Å². The molecule has 1 saturated heterocycles. The number of nitrogens with one attached hydrogen (secondary N) is 1. The van der Waals surface area contributed by atoms with Crippen LogP contribution in [0.2, 0.25) is 0 Å². The Hall–Kier alpha value is -3.27. The fourth-order valence-corrected chi connectivity index (χ4v) is 4.00. The highest BCUT2D eigenvalue weighted by Crippen LogP contribution is 2.19. The van der Waals surface area contributed by atoms with Gasteiger partial charge in [0, 0.05) is 49.7 Å². The number of hydrogen-bond acceptors (Lipinski definition) is 3. The highest BCUT2D eigenvalue weighted by Gasteiger charge is 2.22. The Balaban J connectivity index is 1.37. The molecular weight excluding hydrogens is 370 g/mol. The van der Waals surface area contributed by atoms with Crippen LogP contribution < -0.4 is 10.2 Å². The zero-order valence-electron chi connectivity index (χ0n) is 17.6. The van der Waals surface area contributed by atoms with Crippen LogP contribution >= 0.6 is 0 Å². The van der Waals surface area contributed by atoms with E-state index in [9.17, 15) is 4.79 Å². The smallest absolute Gasteiger partial charge is 0.253 e. The molecule has 3 aromatic carbocycles. The lowest BCUT2D eigenvalue weighted by Crippen LogP contribution is -2.48. The molecule has 0 aliphatic carbocycles. The standard InChI is InChI=1S/C26H29N3O/c1-2-22-10-6-7-14-25(22)27-20-21-9-8-11-23(19-21)26(30)29-17-15-28(16-18-29)24-12-4-3-5-13-24/h3-14,19,27H,2,15-18,20H2,1H3. The monoisotopic (exact) mass is 399 g/mol. The molecule has 4 nitrogen and oxygen atoms in total. The molecule has 0 bridgehead atoms. The van der Waals surface area contributed by atoms with Crippen molar-refractivity contribution in [1.29, 1.82) is 0 Å². The molecule has 1 aliphatic rings. The van der Waals surface area contributed by atoms with Crippen LogP contribution in [0, 0.1) is 0 Å². The maximum absolute atomic E-state index is 13.1. The van der Waals surface area contributed by atoms with E-state index in [-0.39, 0.29) is 5.91 Å². The van der Waals surface area contributed by atoms with Crippen molar-refractivity contribution in [2.24, 2.45) is 0 Å². The van der Waals surface area contributed by atoms with Gasteiger partial charge in [-0.3, -0.25) is 4.79 Å². The van der Waals surface area contributed by atoms with Gasteiger partial charge in [0.15, 0.2) is 0 Å². The second kappa shape index (κ2) is 9.49. The molecule has 1 fully saturated rings. The summed E-state index contributed by atoms with van der Waals surface area (Å²) in [5.74, 6) is 0.124. The number of carbonyl (C=O) groups excluding carboxylic acids is 1. The molecule has 1 heterocycles. The highest BCUT2D eigenvalue weighted by atomic mass is 16.2. The fraction of sp³-hybridized carbons (Fsp3) is 0.269. The Morgan fingerprint density at radius 1 is 0.867 bits per heavy atom. The number of aryl methyl sites for hydroxylation is 1. The van der Waals surface area contributed by atoms with Crippen LogP contribution in [0.5, 0.6) is 0 Å². The Bertz CT molecular complexity index is 978. The quantitative estimate of drug-likeness (QED) is 0.645. The number of para-hydroxylation sites is 2. The van der Waals surface area contributed by atoms with Gasteiger partial charge < -0.3 is 15.1 Å². The first kappa shape index (κ1) is 20.0. The summed E-state index contributed by atoms with van der Waals surface area (Å²) in [4.78, 5) is 17.4. The minimum Gasteiger partial charge on any atom is -0.381 e. The van der Waals surface area contributed by atoms with Crippen LogP contribution in [0.4, 0.5) is 11.4 Å². The van der Waals surface area contributed by atoms with Crippen molar-refractivity contribution in [3.8, 4) is 0 Å². The second-order valence-corrected chi connectivity index (χ2v) is 7.68. The normalized spacial score (nSPS) is 13.9. The van der Waals surface area contributed by atoms with Crippen LogP contribution in [0.1, 0.15) is 28.4 Å². The van der Waals surface area contributed by atoms with E-state index >= 15 is 0 Å².